The van der Waals surface area contributed by atoms with E-state index in [1.54, 1.807) is 0 Å². The van der Waals surface area contributed by atoms with Crippen molar-refractivity contribution in [3.05, 3.63) is 10.2 Å². The van der Waals surface area contributed by atoms with Crippen LogP contribution in [0.1, 0.15) is 19.8 Å². The van der Waals surface area contributed by atoms with E-state index >= 15 is 0 Å². The van der Waals surface area contributed by atoms with E-state index in [-0.39, 0.29) is 6.10 Å². The molecule has 0 aliphatic carbocycles. The summed E-state index contributed by atoms with van der Waals surface area (Å²) in [6.07, 6.45) is 3.47. The fraction of sp³-hybridized carbons (Fsp3) is 0.667. The maximum absolute atomic E-state index is 8.93. The van der Waals surface area contributed by atoms with Gasteiger partial charge in [-0.15, -0.1) is 0 Å². The molecule has 1 atom stereocenters. The van der Waals surface area contributed by atoms with E-state index < -0.39 is 0 Å². The number of hydrogen-bond acceptors (Lipinski definition) is 1. The Morgan fingerprint density at radius 1 is 1.75 bits per heavy atom. The molecule has 0 fully saturated rings. The summed E-state index contributed by atoms with van der Waals surface area (Å²) in [5.41, 5.74) is 0. The van der Waals surface area contributed by atoms with Crippen molar-refractivity contribution >= 4 is 22.6 Å². The summed E-state index contributed by atoms with van der Waals surface area (Å²) in [6.45, 7) is 1.98. The maximum Gasteiger partial charge on any atom is 0.0572 e. The van der Waals surface area contributed by atoms with Crippen LogP contribution in [0.4, 0.5) is 0 Å². The third-order valence-corrected chi connectivity index (χ3v) is 1.48. The molecule has 0 aliphatic heterocycles. The minimum Gasteiger partial charge on any atom is -0.393 e. The van der Waals surface area contributed by atoms with Gasteiger partial charge < -0.3 is 5.11 Å². The van der Waals surface area contributed by atoms with Gasteiger partial charge in [0.25, 0.3) is 0 Å². The first kappa shape index (κ1) is 8.43. The normalized spacial score (nSPS) is 14.9. The molecule has 0 amide bonds. The van der Waals surface area contributed by atoms with Crippen molar-refractivity contribution in [1.82, 2.24) is 0 Å². The molecule has 0 aromatic heterocycles. The summed E-state index contributed by atoms with van der Waals surface area (Å²) in [6, 6.07) is 0. The average molecular weight is 226 g/mol. The molecule has 1 unspecified atom stereocenters. The molecule has 2 heteroatoms. The van der Waals surface area contributed by atoms with Gasteiger partial charge >= 0.3 is 0 Å². The van der Waals surface area contributed by atoms with E-state index in [4.69, 9.17) is 5.11 Å². The van der Waals surface area contributed by atoms with E-state index in [1.807, 2.05) is 17.1 Å². The van der Waals surface area contributed by atoms with Crippen LogP contribution in [0.5, 0.6) is 0 Å². The minimum absolute atomic E-state index is 0.138. The van der Waals surface area contributed by atoms with Gasteiger partial charge in [0.15, 0.2) is 0 Å². The lowest BCUT2D eigenvalue weighted by Crippen LogP contribution is -2.00. The Balaban J connectivity index is 3.10. The second kappa shape index (κ2) is 5.56. The number of aliphatic hydroxyl groups is 1. The van der Waals surface area contributed by atoms with Crippen LogP contribution >= 0.6 is 22.6 Å². The van der Waals surface area contributed by atoms with Gasteiger partial charge in [0.05, 0.1) is 6.10 Å². The Kier molecular flexibility index (Phi) is 5.86. The Labute approximate surface area is 63.9 Å². The van der Waals surface area contributed by atoms with Crippen molar-refractivity contribution in [1.29, 1.82) is 0 Å². The summed E-state index contributed by atoms with van der Waals surface area (Å²) in [4.78, 5) is 0. The standard InChI is InChI=1S/C6H11IO/c1-2-6(8)4-3-5-7/h3,5-6,8H,2,4H2,1H3/b5-3+. The smallest absolute Gasteiger partial charge is 0.0572 e. The summed E-state index contributed by atoms with van der Waals surface area (Å²) < 4.78 is 1.93. The Morgan fingerprint density at radius 2 is 2.38 bits per heavy atom. The first-order valence-electron chi connectivity index (χ1n) is 2.74. The van der Waals surface area contributed by atoms with Gasteiger partial charge in [0.2, 0.25) is 0 Å². The van der Waals surface area contributed by atoms with Crippen LogP contribution in [0, 0.1) is 0 Å². The van der Waals surface area contributed by atoms with E-state index in [9.17, 15) is 0 Å². The zero-order valence-electron chi connectivity index (χ0n) is 4.97. The molecule has 0 heterocycles. The van der Waals surface area contributed by atoms with Crippen molar-refractivity contribution < 1.29 is 5.11 Å². The third kappa shape index (κ3) is 4.59. The van der Waals surface area contributed by atoms with E-state index in [0.29, 0.717) is 0 Å². The quantitative estimate of drug-likeness (QED) is 0.730. The average Bonchev–Trinajstić information content (AvgIpc) is 1.83. The topological polar surface area (TPSA) is 20.2 Å². The molecular formula is C6H11IO. The van der Waals surface area contributed by atoms with Crippen LogP contribution in [0.25, 0.3) is 0 Å². The van der Waals surface area contributed by atoms with Crippen molar-refractivity contribution in [2.24, 2.45) is 0 Å². The fourth-order valence-electron chi connectivity index (χ4n) is 0.375. The Hall–Kier alpha value is 0.430. The van der Waals surface area contributed by atoms with Crippen molar-refractivity contribution in [2.45, 2.75) is 25.9 Å². The highest BCUT2D eigenvalue weighted by molar-refractivity contribution is 14.1. The molecular weight excluding hydrogens is 215 g/mol. The summed E-state index contributed by atoms with van der Waals surface area (Å²) >= 11 is 2.15. The zero-order chi connectivity index (χ0) is 6.41. The molecule has 0 saturated heterocycles. The van der Waals surface area contributed by atoms with Crippen molar-refractivity contribution in [2.75, 3.05) is 0 Å². The highest BCUT2D eigenvalue weighted by Gasteiger charge is 1.93. The highest BCUT2D eigenvalue weighted by atomic mass is 127. The summed E-state index contributed by atoms with van der Waals surface area (Å²) in [5, 5.41) is 8.93. The van der Waals surface area contributed by atoms with Gasteiger partial charge in [0.1, 0.15) is 0 Å². The molecule has 0 aliphatic rings. The lowest BCUT2D eigenvalue weighted by molar-refractivity contribution is 0.174. The minimum atomic E-state index is -0.138. The van der Waals surface area contributed by atoms with Gasteiger partial charge in [-0.3, -0.25) is 0 Å². The van der Waals surface area contributed by atoms with Gasteiger partial charge in [-0.25, -0.2) is 0 Å². The molecule has 0 aromatic rings. The van der Waals surface area contributed by atoms with Gasteiger partial charge in [-0.1, -0.05) is 35.6 Å². The second-order valence-electron chi connectivity index (χ2n) is 1.66. The predicted molar refractivity (Wildman–Crippen MR) is 44.1 cm³/mol. The lowest BCUT2D eigenvalue weighted by Gasteiger charge is -1.99. The van der Waals surface area contributed by atoms with E-state index in [2.05, 4.69) is 22.6 Å². The Morgan fingerprint density at radius 3 is 2.75 bits per heavy atom. The number of rotatable bonds is 3. The number of hydrogen-bond donors (Lipinski definition) is 1. The molecule has 8 heavy (non-hydrogen) atoms. The number of aliphatic hydroxyl groups excluding tert-OH is 1. The predicted octanol–water partition coefficient (Wildman–Crippen LogP) is 2.10. The monoisotopic (exact) mass is 226 g/mol. The zero-order valence-corrected chi connectivity index (χ0v) is 7.13. The maximum atomic E-state index is 8.93. The van der Waals surface area contributed by atoms with Crippen LogP contribution in [-0.2, 0) is 0 Å². The van der Waals surface area contributed by atoms with Crippen LogP contribution in [0.2, 0.25) is 0 Å². The Bertz CT molecular complexity index is 70.9. The van der Waals surface area contributed by atoms with E-state index in [1.165, 1.54) is 0 Å². The van der Waals surface area contributed by atoms with Crippen LogP contribution in [0.3, 0.4) is 0 Å². The molecule has 48 valence electrons. The third-order valence-electron chi connectivity index (χ3n) is 0.968. The van der Waals surface area contributed by atoms with Crippen LogP contribution in [0.15, 0.2) is 10.2 Å². The van der Waals surface area contributed by atoms with Gasteiger partial charge in [0, 0.05) is 0 Å². The fourth-order valence-corrected chi connectivity index (χ4v) is 0.669. The summed E-state index contributed by atoms with van der Waals surface area (Å²) in [5.74, 6) is 0. The molecule has 0 bridgehead atoms. The van der Waals surface area contributed by atoms with E-state index in [0.717, 1.165) is 12.8 Å². The molecule has 0 spiro atoms. The van der Waals surface area contributed by atoms with Crippen molar-refractivity contribution in [3.8, 4) is 0 Å². The molecule has 0 aromatic carbocycles. The lowest BCUT2D eigenvalue weighted by atomic mass is 10.2. The first-order valence-corrected chi connectivity index (χ1v) is 3.99. The van der Waals surface area contributed by atoms with Crippen LogP contribution < -0.4 is 0 Å². The molecule has 0 rings (SSSR count). The summed E-state index contributed by atoms with van der Waals surface area (Å²) in [7, 11) is 0. The number of halogens is 1. The van der Waals surface area contributed by atoms with Crippen LogP contribution in [-0.4, -0.2) is 11.2 Å². The molecule has 1 N–H and O–H groups in total. The second-order valence-corrected chi connectivity index (χ2v) is 2.38. The first-order chi connectivity index (χ1) is 3.81. The van der Waals surface area contributed by atoms with Crippen molar-refractivity contribution in [3.63, 3.8) is 0 Å². The van der Waals surface area contributed by atoms with Gasteiger partial charge in [-0.2, -0.15) is 0 Å². The molecule has 0 saturated carbocycles. The SMILES string of the molecule is CCC(O)C/C=C/I. The van der Waals surface area contributed by atoms with Gasteiger partial charge in [-0.05, 0) is 16.9 Å². The molecule has 0 radical (unpaired) electrons. The largest absolute Gasteiger partial charge is 0.393 e. The highest BCUT2D eigenvalue weighted by Crippen LogP contribution is 1.98. The molecule has 1 nitrogen and oxygen atoms in total.